The molecule has 0 N–H and O–H groups in total. The van der Waals surface area contributed by atoms with Gasteiger partial charge in [0.2, 0.25) is 0 Å². The van der Waals surface area contributed by atoms with Crippen molar-refractivity contribution in [3.05, 3.63) is 194 Å². The average Bonchev–Trinajstić information content (AvgIpc) is 3.83. The van der Waals surface area contributed by atoms with Crippen molar-refractivity contribution in [2.75, 3.05) is 0 Å². The molecule has 262 valence electrons. The minimum Gasteiger partial charge on any atom is -0.455 e. The van der Waals surface area contributed by atoms with Gasteiger partial charge in [-0.3, -0.25) is 0 Å². The summed E-state index contributed by atoms with van der Waals surface area (Å²) in [5, 5.41) is 4.64. The van der Waals surface area contributed by atoms with E-state index in [1.54, 1.807) is 0 Å². The van der Waals surface area contributed by atoms with Crippen molar-refractivity contribution in [2.24, 2.45) is 0 Å². The van der Waals surface area contributed by atoms with Gasteiger partial charge >= 0.3 is 0 Å². The third kappa shape index (κ3) is 5.29. The van der Waals surface area contributed by atoms with Gasteiger partial charge in [0.25, 0.3) is 0 Å². The predicted octanol–water partition coefficient (Wildman–Crippen LogP) is 13.2. The lowest BCUT2D eigenvalue weighted by molar-refractivity contribution is 0.670. The van der Waals surface area contributed by atoms with E-state index in [1.165, 1.54) is 10.8 Å². The van der Waals surface area contributed by atoms with Crippen LogP contribution in [0.4, 0.5) is 0 Å². The highest BCUT2D eigenvalue weighted by Gasteiger charge is 2.19. The number of para-hydroxylation sites is 4. The first-order chi connectivity index (χ1) is 27.8. The van der Waals surface area contributed by atoms with Gasteiger partial charge in [-0.1, -0.05) is 164 Å². The van der Waals surface area contributed by atoms with E-state index in [9.17, 15) is 0 Å². The van der Waals surface area contributed by atoms with Gasteiger partial charge in [0.05, 0.1) is 16.7 Å². The lowest BCUT2D eigenvalue weighted by atomic mass is 10.00. The molecule has 0 aliphatic carbocycles. The molecule has 0 aliphatic heterocycles. The first kappa shape index (κ1) is 31.9. The summed E-state index contributed by atoms with van der Waals surface area (Å²) >= 11 is 0. The summed E-state index contributed by atoms with van der Waals surface area (Å²) in [6.45, 7) is 0. The van der Waals surface area contributed by atoms with Crippen molar-refractivity contribution in [3.8, 4) is 62.1 Å². The molecule has 3 heterocycles. The SMILES string of the molecule is c1ccc(-c2nc(-c3ccccc3)nc(-c3ccc(-c4ccc5c(c4)c4ccccc4n5-c4ccccc4-c4cccc5c4oc4ccccc45)cc3)n2)cc1. The van der Waals surface area contributed by atoms with Gasteiger partial charge in [-0.2, -0.15) is 0 Å². The van der Waals surface area contributed by atoms with Crippen LogP contribution in [0.3, 0.4) is 0 Å². The summed E-state index contributed by atoms with van der Waals surface area (Å²) in [7, 11) is 0. The molecule has 0 radical (unpaired) electrons. The van der Waals surface area contributed by atoms with Gasteiger partial charge in [-0.05, 0) is 41.5 Å². The largest absolute Gasteiger partial charge is 0.455 e. The van der Waals surface area contributed by atoms with E-state index in [0.717, 1.165) is 77.6 Å². The van der Waals surface area contributed by atoms with Crippen LogP contribution in [0.25, 0.3) is 106 Å². The molecule has 11 rings (SSSR count). The Morgan fingerprint density at radius 2 is 0.857 bits per heavy atom. The van der Waals surface area contributed by atoms with Crippen molar-refractivity contribution in [2.45, 2.75) is 0 Å². The molecule has 0 spiro atoms. The van der Waals surface area contributed by atoms with Crippen molar-refractivity contribution in [3.63, 3.8) is 0 Å². The Hall–Kier alpha value is -7.63. The molecule has 0 aliphatic rings. The second kappa shape index (κ2) is 13.0. The number of fused-ring (bicyclic) bond motifs is 6. The number of benzene rings is 8. The molecule has 0 bridgehead atoms. The molecule has 0 saturated carbocycles. The number of aromatic nitrogens is 4. The number of furan rings is 1. The molecule has 3 aromatic heterocycles. The van der Waals surface area contributed by atoms with Crippen molar-refractivity contribution >= 4 is 43.7 Å². The van der Waals surface area contributed by atoms with Crippen molar-refractivity contribution in [1.82, 2.24) is 19.5 Å². The highest BCUT2D eigenvalue weighted by Crippen LogP contribution is 2.41. The van der Waals surface area contributed by atoms with E-state index in [1.807, 2.05) is 72.8 Å². The summed E-state index contributed by atoms with van der Waals surface area (Å²) in [5.74, 6) is 1.94. The van der Waals surface area contributed by atoms with Crippen LogP contribution in [-0.2, 0) is 0 Å². The number of nitrogens with zero attached hydrogens (tertiary/aromatic N) is 4. The van der Waals surface area contributed by atoms with E-state index in [-0.39, 0.29) is 0 Å². The van der Waals surface area contributed by atoms with E-state index in [2.05, 4.69) is 126 Å². The molecule has 11 aromatic rings. The van der Waals surface area contributed by atoms with E-state index in [4.69, 9.17) is 19.4 Å². The summed E-state index contributed by atoms with van der Waals surface area (Å²) in [6.07, 6.45) is 0. The lowest BCUT2D eigenvalue weighted by Crippen LogP contribution is -2.00. The quantitative estimate of drug-likeness (QED) is 0.172. The molecule has 0 atom stereocenters. The van der Waals surface area contributed by atoms with Crippen LogP contribution >= 0.6 is 0 Å². The van der Waals surface area contributed by atoms with Crippen LogP contribution < -0.4 is 0 Å². The van der Waals surface area contributed by atoms with Gasteiger partial charge in [0.15, 0.2) is 17.5 Å². The molecular formula is C51H32N4O. The number of hydrogen-bond donors (Lipinski definition) is 0. The van der Waals surface area contributed by atoms with Crippen LogP contribution in [0.1, 0.15) is 0 Å². The molecule has 5 heteroatoms. The van der Waals surface area contributed by atoms with E-state index < -0.39 is 0 Å². The second-order valence-corrected chi connectivity index (χ2v) is 14.0. The predicted molar refractivity (Wildman–Crippen MR) is 229 cm³/mol. The van der Waals surface area contributed by atoms with Gasteiger partial charge in [-0.15, -0.1) is 0 Å². The van der Waals surface area contributed by atoms with Crippen LogP contribution in [-0.4, -0.2) is 19.5 Å². The van der Waals surface area contributed by atoms with Gasteiger partial charge in [-0.25, -0.2) is 15.0 Å². The lowest BCUT2D eigenvalue weighted by Gasteiger charge is -2.14. The molecule has 0 saturated heterocycles. The van der Waals surface area contributed by atoms with Crippen LogP contribution in [0.5, 0.6) is 0 Å². The Bertz CT molecular complexity index is 3180. The average molecular weight is 717 g/mol. The maximum absolute atomic E-state index is 6.52. The summed E-state index contributed by atoms with van der Waals surface area (Å²) in [4.78, 5) is 14.7. The summed E-state index contributed by atoms with van der Waals surface area (Å²) in [6, 6.07) is 67.5. The monoisotopic (exact) mass is 716 g/mol. The number of hydrogen-bond acceptors (Lipinski definition) is 4. The summed E-state index contributed by atoms with van der Waals surface area (Å²) in [5.41, 5.74) is 12.5. The van der Waals surface area contributed by atoms with E-state index in [0.29, 0.717) is 17.5 Å². The Morgan fingerprint density at radius 1 is 0.339 bits per heavy atom. The Balaban J connectivity index is 1.01. The molecule has 0 unspecified atom stereocenters. The summed E-state index contributed by atoms with van der Waals surface area (Å²) < 4.78 is 8.91. The zero-order valence-corrected chi connectivity index (χ0v) is 30.2. The van der Waals surface area contributed by atoms with Crippen LogP contribution in [0.2, 0.25) is 0 Å². The van der Waals surface area contributed by atoms with Gasteiger partial charge in [0, 0.05) is 49.4 Å². The maximum Gasteiger partial charge on any atom is 0.164 e. The smallest absolute Gasteiger partial charge is 0.164 e. The Kier molecular flexibility index (Phi) is 7.42. The van der Waals surface area contributed by atoms with Crippen molar-refractivity contribution < 1.29 is 4.42 Å². The van der Waals surface area contributed by atoms with Crippen LogP contribution in [0, 0.1) is 0 Å². The molecule has 8 aromatic carbocycles. The topological polar surface area (TPSA) is 56.7 Å². The maximum atomic E-state index is 6.52. The zero-order valence-electron chi connectivity index (χ0n) is 30.2. The van der Waals surface area contributed by atoms with Crippen molar-refractivity contribution in [1.29, 1.82) is 0 Å². The zero-order chi connectivity index (χ0) is 37.0. The fourth-order valence-electron chi connectivity index (χ4n) is 8.02. The molecule has 5 nitrogen and oxygen atoms in total. The highest BCUT2D eigenvalue weighted by molar-refractivity contribution is 6.13. The third-order valence-electron chi connectivity index (χ3n) is 10.7. The Morgan fingerprint density at radius 3 is 1.59 bits per heavy atom. The van der Waals surface area contributed by atoms with Crippen LogP contribution in [0.15, 0.2) is 199 Å². The van der Waals surface area contributed by atoms with Gasteiger partial charge < -0.3 is 8.98 Å². The van der Waals surface area contributed by atoms with Gasteiger partial charge in [0.1, 0.15) is 11.2 Å². The standard InChI is InChI=1S/C51H32N4O/c1-3-14-34(15-4-1)49-52-50(35-16-5-2-6-17-35)54-51(53-49)36-28-26-33(27-29-36)37-30-31-46-43(32-37)39-19-8-11-24-45(39)55(46)44-23-10-7-18-38(44)41-21-13-22-42-40-20-9-12-25-47(40)56-48(41)42/h1-32H. The first-order valence-corrected chi connectivity index (χ1v) is 18.8. The minimum atomic E-state index is 0.639. The number of rotatable bonds is 6. The highest BCUT2D eigenvalue weighted by atomic mass is 16.3. The molecule has 56 heavy (non-hydrogen) atoms. The fraction of sp³-hybridized carbons (Fsp3) is 0. The molecular weight excluding hydrogens is 685 g/mol. The Labute approximate surface area is 322 Å². The molecule has 0 fully saturated rings. The fourth-order valence-corrected chi connectivity index (χ4v) is 8.02. The van der Waals surface area contributed by atoms with E-state index >= 15 is 0 Å². The minimum absolute atomic E-state index is 0.639. The normalized spacial score (nSPS) is 11.6. The molecule has 0 amide bonds. The first-order valence-electron chi connectivity index (χ1n) is 18.8. The second-order valence-electron chi connectivity index (χ2n) is 14.0. The third-order valence-corrected chi connectivity index (χ3v) is 10.7.